The number of nitro benzene ring substituents is 1. The van der Waals surface area contributed by atoms with Crippen molar-refractivity contribution in [1.82, 2.24) is 16.1 Å². The number of aliphatic hydroxyl groups excluding tert-OH is 1. The highest BCUT2D eigenvalue weighted by Gasteiger charge is 2.32. The lowest BCUT2D eigenvalue weighted by molar-refractivity contribution is -0.384. The Morgan fingerprint density at radius 3 is 2.49 bits per heavy atom. The van der Waals surface area contributed by atoms with Crippen LogP contribution in [0.4, 0.5) is 10.5 Å². The monoisotopic (exact) mass is 619 g/mol. The number of carbonyl (C=O) groups is 2. The lowest BCUT2D eigenvalue weighted by atomic mass is 9.95. The van der Waals surface area contributed by atoms with Crippen molar-refractivity contribution in [2.45, 2.75) is 32.7 Å². The van der Waals surface area contributed by atoms with Gasteiger partial charge >= 0.3 is 12.0 Å². The minimum atomic E-state index is -1.15. The highest BCUT2D eigenvalue weighted by molar-refractivity contribution is 5.95. The van der Waals surface area contributed by atoms with E-state index in [1.165, 1.54) is 25.5 Å². The molecule has 2 atom stereocenters. The predicted octanol–water partition coefficient (Wildman–Crippen LogP) is 3.69. The first-order valence-electron chi connectivity index (χ1n) is 13.9. The van der Waals surface area contributed by atoms with Gasteiger partial charge in [-0.3, -0.25) is 15.5 Å². The molecule has 0 aromatic heterocycles. The van der Waals surface area contributed by atoms with Gasteiger partial charge in [0.2, 0.25) is 0 Å². The molecular formula is C31H33N5O9. The third kappa shape index (κ3) is 8.70. The molecule has 14 heteroatoms. The highest BCUT2D eigenvalue weighted by Crippen LogP contribution is 2.35. The van der Waals surface area contributed by atoms with Gasteiger partial charge in [0.1, 0.15) is 19.0 Å². The maximum atomic E-state index is 12.4. The molecule has 0 saturated heterocycles. The van der Waals surface area contributed by atoms with Crippen LogP contribution in [-0.2, 0) is 16.1 Å². The zero-order valence-electron chi connectivity index (χ0n) is 24.8. The number of non-ortho nitro benzene ring substituents is 1. The van der Waals surface area contributed by atoms with E-state index in [4.69, 9.17) is 18.9 Å². The minimum Gasteiger partial charge on any atom is -0.490 e. The number of allylic oxidation sites excluding steroid dienone is 1. The Bertz CT molecular complexity index is 1570. The van der Waals surface area contributed by atoms with Crippen LogP contribution in [0.2, 0.25) is 0 Å². The second kappa shape index (κ2) is 15.2. The first-order chi connectivity index (χ1) is 21.7. The Morgan fingerprint density at radius 1 is 1.09 bits per heavy atom. The van der Waals surface area contributed by atoms with Crippen LogP contribution in [0, 0.1) is 10.1 Å². The number of rotatable bonds is 14. The van der Waals surface area contributed by atoms with E-state index < -0.39 is 29.2 Å². The van der Waals surface area contributed by atoms with Crippen molar-refractivity contribution < 1.29 is 38.6 Å². The molecule has 0 fully saturated rings. The number of esters is 1. The Hall–Kier alpha value is -5.63. The molecule has 4 rings (SSSR count). The van der Waals surface area contributed by atoms with Crippen LogP contribution in [0.25, 0.3) is 0 Å². The number of benzene rings is 3. The van der Waals surface area contributed by atoms with E-state index in [9.17, 15) is 24.8 Å². The molecule has 1 aliphatic rings. The molecule has 0 radical (unpaired) electrons. The second-order valence-electron chi connectivity index (χ2n) is 9.70. The SMILES string of the molecule is CCOc1cc([C@@H]2NC(=O)NC(C)=C2C(=O)OC)ccc1OC[C@@H](O)N/N=C\c1ccc(OCc2ccc([N+](=O)[O-])cc2)cc1. The summed E-state index contributed by atoms with van der Waals surface area (Å²) in [4.78, 5) is 34.9. The molecule has 0 saturated carbocycles. The molecule has 0 bridgehead atoms. The van der Waals surface area contributed by atoms with Crippen molar-refractivity contribution >= 4 is 23.9 Å². The average Bonchev–Trinajstić information content (AvgIpc) is 3.03. The molecule has 4 N–H and O–H groups in total. The summed E-state index contributed by atoms with van der Waals surface area (Å²) in [5, 5.41) is 30.5. The molecule has 1 aliphatic heterocycles. The molecule has 236 valence electrons. The van der Waals surface area contributed by atoms with Crippen LogP contribution in [0.3, 0.4) is 0 Å². The van der Waals surface area contributed by atoms with Gasteiger partial charge in [-0.25, -0.2) is 9.59 Å². The van der Waals surface area contributed by atoms with Gasteiger partial charge in [-0.15, -0.1) is 0 Å². The molecular weight excluding hydrogens is 586 g/mol. The van der Waals surface area contributed by atoms with Crippen LogP contribution in [0.5, 0.6) is 17.2 Å². The van der Waals surface area contributed by atoms with Crippen LogP contribution in [0.15, 0.2) is 83.1 Å². The standard InChI is InChI=1S/C31H33N5O9/c1-4-43-26-15-22(29-28(30(38)42-3)19(2)33-31(39)34-29)9-14-25(26)45-18-27(37)35-32-16-20-7-12-24(13-8-20)44-17-21-5-10-23(11-6-21)36(40)41/h5-16,27,29,35,37H,4,17-18H2,1-3H3,(H2,33,34,39)/b32-16-/t27-,29+/m1/s1. The zero-order valence-corrected chi connectivity index (χ0v) is 24.8. The summed E-state index contributed by atoms with van der Waals surface area (Å²) in [6, 6.07) is 17.0. The second-order valence-corrected chi connectivity index (χ2v) is 9.70. The Labute approximate surface area is 258 Å². The molecule has 2 amide bonds. The van der Waals surface area contributed by atoms with E-state index in [0.717, 1.165) is 11.1 Å². The lowest BCUT2D eigenvalue weighted by Gasteiger charge is -2.28. The van der Waals surface area contributed by atoms with Gasteiger partial charge in [-0.2, -0.15) is 5.10 Å². The fourth-order valence-electron chi connectivity index (χ4n) is 4.35. The Balaban J connectivity index is 1.30. The first kappa shape index (κ1) is 32.3. The van der Waals surface area contributed by atoms with Crippen molar-refractivity contribution in [3.05, 3.63) is 105 Å². The van der Waals surface area contributed by atoms with E-state index >= 15 is 0 Å². The number of methoxy groups -OCH3 is 1. The number of aliphatic hydroxyl groups is 1. The van der Waals surface area contributed by atoms with Gasteiger partial charge in [0.15, 0.2) is 17.7 Å². The Morgan fingerprint density at radius 2 is 1.82 bits per heavy atom. The molecule has 3 aromatic rings. The van der Waals surface area contributed by atoms with Gasteiger partial charge in [-0.05, 0) is 79.1 Å². The number of hydrazone groups is 1. The maximum Gasteiger partial charge on any atom is 0.337 e. The highest BCUT2D eigenvalue weighted by atomic mass is 16.6. The predicted molar refractivity (Wildman–Crippen MR) is 163 cm³/mol. The van der Waals surface area contributed by atoms with Gasteiger partial charge in [0.25, 0.3) is 5.69 Å². The fourth-order valence-corrected chi connectivity index (χ4v) is 4.35. The van der Waals surface area contributed by atoms with Gasteiger partial charge in [0, 0.05) is 17.8 Å². The Kier molecular flexibility index (Phi) is 10.9. The number of nitrogens with zero attached hydrogens (tertiary/aromatic N) is 2. The number of ether oxygens (including phenoxy) is 4. The average molecular weight is 620 g/mol. The van der Waals surface area contributed by atoms with E-state index in [2.05, 4.69) is 21.2 Å². The summed E-state index contributed by atoms with van der Waals surface area (Å²) in [6.45, 7) is 3.83. The molecule has 3 aromatic carbocycles. The van der Waals surface area contributed by atoms with Crippen LogP contribution < -0.4 is 30.3 Å². The largest absolute Gasteiger partial charge is 0.490 e. The van der Waals surface area contributed by atoms with Gasteiger partial charge < -0.3 is 34.7 Å². The third-order valence-electron chi connectivity index (χ3n) is 6.54. The first-order valence-corrected chi connectivity index (χ1v) is 13.9. The van der Waals surface area contributed by atoms with E-state index in [0.29, 0.717) is 35.1 Å². The number of hydrogen-bond donors (Lipinski definition) is 4. The summed E-state index contributed by atoms with van der Waals surface area (Å²) < 4.78 is 22.1. The smallest absolute Gasteiger partial charge is 0.337 e. The molecule has 1 heterocycles. The summed E-state index contributed by atoms with van der Waals surface area (Å²) in [5.74, 6) is 0.729. The number of nitro groups is 1. The van der Waals surface area contributed by atoms with Crippen molar-refractivity contribution in [3.63, 3.8) is 0 Å². The number of hydrogen-bond acceptors (Lipinski definition) is 11. The number of urea groups is 1. The van der Waals surface area contributed by atoms with Crippen molar-refractivity contribution in [2.75, 3.05) is 20.3 Å². The normalized spacial score (nSPS) is 15.1. The zero-order chi connectivity index (χ0) is 32.3. The maximum absolute atomic E-state index is 12.4. The van der Waals surface area contributed by atoms with Crippen molar-refractivity contribution in [1.29, 1.82) is 0 Å². The van der Waals surface area contributed by atoms with Crippen molar-refractivity contribution in [3.8, 4) is 17.2 Å². The van der Waals surface area contributed by atoms with Crippen molar-refractivity contribution in [2.24, 2.45) is 5.10 Å². The number of amides is 2. The number of carbonyl (C=O) groups excluding carboxylic acids is 2. The van der Waals surface area contributed by atoms with Crippen LogP contribution in [-0.4, -0.2) is 54.8 Å². The van der Waals surface area contributed by atoms with Gasteiger partial charge in [0.05, 0.1) is 36.5 Å². The van der Waals surface area contributed by atoms with Crippen LogP contribution >= 0.6 is 0 Å². The molecule has 14 nitrogen and oxygen atoms in total. The third-order valence-corrected chi connectivity index (χ3v) is 6.54. The van der Waals surface area contributed by atoms with E-state index in [1.54, 1.807) is 68.4 Å². The summed E-state index contributed by atoms with van der Waals surface area (Å²) >= 11 is 0. The van der Waals surface area contributed by atoms with Crippen LogP contribution in [0.1, 0.15) is 36.6 Å². The minimum absolute atomic E-state index is 0.0201. The molecule has 0 spiro atoms. The number of nitrogens with one attached hydrogen (secondary N) is 3. The quantitative estimate of drug-likeness (QED) is 0.0683. The summed E-state index contributed by atoms with van der Waals surface area (Å²) in [6.07, 6.45) is 0.366. The molecule has 0 aliphatic carbocycles. The van der Waals surface area contributed by atoms with E-state index in [1.807, 2.05) is 0 Å². The topological polar surface area (TPSA) is 183 Å². The molecule has 45 heavy (non-hydrogen) atoms. The van der Waals surface area contributed by atoms with Gasteiger partial charge in [-0.1, -0.05) is 6.07 Å². The van der Waals surface area contributed by atoms with E-state index in [-0.39, 0.29) is 24.5 Å². The fraction of sp³-hybridized carbons (Fsp3) is 0.258. The lowest BCUT2D eigenvalue weighted by Crippen LogP contribution is -2.45. The molecule has 0 unspecified atom stereocenters. The summed E-state index contributed by atoms with van der Waals surface area (Å²) in [7, 11) is 1.27. The summed E-state index contributed by atoms with van der Waals surface area (Å²) in [5.41, 5.74) is 5.37.